The number of hydrogen-bond donors (Lipinski definition) is 1. The van der Waals surface area contributed by atoms with Crippen LogP contribution in [0, 0.1) is 0 Å². The number of benzene rings is 1. The van der Waals surface area contributed by atoms with E-state index in [-0.39, 0.29) is 11.6 Å². The first kappa shape index (κ1) is 25.6. The van der Waals surface area contributed by atoms with Crippen LogP contribution >= 0.6 is 27.5 Å². The molecule has 1 aromatic carbocycles. The molecule has 0 spiro atoms. The zero-order chi connectivity index (χ0) is 27.1. The van der Waals surface area contributed by atoms with E-state index in [1.807, 2.05) is 18.2 Å². The van der Waals surface area contributed by atoms with E-state index in [0.29, 0.717) is 38.6 Å². The van der Waals surface area contributed by atoms with Crippen LogP contribution in [0.15, 0.2) is 64.3 Å². The summed E-state index contributed by atoms with van der Waals surface area (Å²) >= 11 is 9.88. The molecule has 3 aromatic heterocycles. The van der Waals surface area contributed by atoms with E-state index in [1.54, 1.807) is 35.2 Å². The maximum atomic E-state index is 13.2. The molecule has 0 unspecified atom stereocenters. The standard InChI is InChI=1S/C28H25BrClN5O4/c29-21-12-19-23(13-24(21)34-11-2-4-18(34)16-39-27-22(30)5-1-8-31-27)35(15-20(26(19)36)28(37)38)17-6-7-25(32-14-17)33-9-3-10-33/h1,5-8,12-15,18H,2-4,9-11,16H2,(H,37,38)/t18-/m1/s1. The number of pyridine rings is 3. The van der Waals surface area contributed by atoms with Crippen molar-refractivity contribution >= 4 is 55.9 Å². The van der Waals surface area contributed by atoms with Crippen LogP contribution in [-0.2, 0) is 0 Å². The second-order valence-corrected chi connectivity index (χ2v) is 10.9. The van der Waals surface area contributed by atoms with E-state index in [2.05, 4.69) is 35.7 Å². The van der Waals surface area contributed by atoms with Gasteiger partial charge >= 0.3 is 5.97 Å². The van der Waals surface area contributed by atoms with Crippen LogP contribution in [0.5, 0.6) is 5.88 Å². The lowest BCUT2D eigenvalue weighted by atomic mass is 10.1. The molecule has 0 amide bonds. The van der Waals surface area contributed by atoms with Gasteiger partial charge in [0.15, 0.2) is 0 Å². The molecule has 200 valence electrons. The Morgan fingerprint density at radius 2 is 2.00 bits per heavy atom. The highest BCUT2D eigenvalue weighted by Gasteiger charge is 2.28. The van der Waals surface area contributed by atoms with Crippen molar-refractivity contribution in [3.63, 3.8) is 0 Å². The smallest absolute Gasteiger partial charge is 0.341 e. The highest BCUT2D eigenvalue weighted by atomic mass is 79.9. The molecule has 6 rings (SSSR count). The summed E-state index contributed by atoms with van der Waals surface area (Å²) in [5.74, 6) is 0.00362. The zero-order valence-corrected chi connectivity index (χ0v) is 23.2. The number of carbonyl (C=O) groups is 1. The van der Waals surface area contributed by atoms with Crippen LogP contribution in [0.25, 0.3) is 16.6 Å². The number of halogens is 2. The Balaban J connectivity index is 1.41. The van der Waals surface area contributed by atoms with Crippen LogP contribution < -0.4 is 20.0 Å². The number of hydrogen-bond acceptors (Lipinski definition) is 7. The van der Waals surface area contributed by atoms with Crippen molar-refractivity contribution in [3.05, 3.63) is 80.3 Å². The predicted octanol–water partition coefficient (Wildman–Crippen LogP) is 5.15. The Hall–Kier alpha value is -3.63. The normalized spacial score (nSPS) is 16.9. The number of rotatable bonds is 7. The van der Waals surface area contributed by atoms with Gasteiger partial charge in [-0.05, 0) is 71.6 Å². The third-order valence-electron chi connectivity index (χ3n) is 7.32. The number of aromatic carboxylic acids is 1. The molecule has 2 aliphatic rings. The van der Waals surface area contributed by atoms with Crippen molar-refractivity contribution < 1.29 is 14.6 Å². The maximum absolute atomic E-state index is 13.2. The monoisotopic (exact) mass is 609 g/mol. The van der Waals surface area contributed by atoms with Crippen molar-refractivity contribution in [2.24, 2.45) is 0 Å². The van der Waals surface area contributed by atoms with Gasteiger partial charge in [0.1, 0.15) is 23.0 Å². The van der Waals surface area contributed by atoms with Crippen LogP contribution in [0.3, 0.4) is 0 Å². The molecule has 0 aliphatic carbocycles. The van der Waals surface area contributed by atoms with Gasteiger partial charge in [0.2, 0.25) is 11.3 Å². The van der Waals surface area contributed by atoms with Gasteiger partial charge in [-0.25, -0.2) is 14.8 Å². The molecular weight excluding hydrogens is 586 g/mol. The quantitative estimate of drug-likeness (QED) is 0.307. The third kappa shape index (κ3) is 4.83. The number of carboxylic acid groups (broad SMARTS) is 1. The van der Waals surface area contributed by atoms with E-state index >= 15 is 0 Å². The first-order chi connectivity index (χ1) is 18.9. The molecule has 39 heavy (non-hydrogen) atoms. The lowest BCUT2D eigenvalue weighted by Gasteiger charge is -2.32. The van der Waals surface area contributed by atoms with E-state index in [1.165, 1.54) is 6.20 Å². The van der Waals surface area contributed by atoms with E-state index in [9.17, 15) is 14.7 Å². The van der Waals surface area contributed by atoms with Crippen LogP contribution in [0.4, 0.5) is 11.5 Å². The Morgan fingerprint density at radius 3 is 2.69 bits per heavy atom. The third-order valence-corrected chi connectivity index (χ3v) is 8.24. The number of aromatic nitrogens is 3. The molecule has 0 bridgehead atoms. The van der Waals surface area contributed by atoms with Crippen molar-refractivity contribution in [1.29, 1.82) is 0 Å². The van der Waals surface area contributed by atoms with Crippen molar-refractivity contribution in [3.8, 4) is 11.6 Å². The summed E-state index contributed by atoms with van der Waals surface area (Å²) < 4.78 is 8.40. The largest absolute Gasteiger partial charge is 0.477 e. The number of carboxylic acids is 1. The zero-order valence-electron chi connectivity index (χ0n) is 20.9. The average Bonchev–Trinajstić information content (AvgIpc) is 3.36. The number of anilines is 2. The topological polar surface area (TPSA) is 101 Å². The summed E-state index contributed by atoms with van der Waals surface area (Å²) in [6, 6.07) is 11.0. The lowest BCUT2D eigenvalue weighted by molar-refractivity contribution is 0.0695. The highest BCUT2D eigenvalue weighted by molar-refractivity contribution is 9.10. The molecule has 4 aromatic rings. The van der Waals surface area contributed by atoms with Gasteiger partial charge in [0.05, 0.1) is 29.1 Å². The van der Waals surface area contributed by atoms with Crippen LogP contribution in [-0.4, -0.2) is 57.9 Å². The summed E-state index contributed by atoms with van der Waals surface area (Å²) in [6.07, 6.45) is 7.78. The first-order valence-electron chi connectivity index (χ1n) is 12.7. The van der Waals surface area contributed by atoms with E-state index in [0.717, 1.165) is 50.4 Å². The molecule has 2 fully saturated rings. The molecule has 2 saturated heterocycles. The minimum Gasteiger partial charge on any atom is -0.477 e. The molecule has 5 heterocycles. The molecule has 0 saturated carbocycles. The minimum atomic E-state index is -1.27. The summed E-state index contributed by atoms with van der Waals surface area (Å²) in [5.41, 5.74) is 1.33. The SMILES string of the molecule is O=C(O)c1cn(-c2ccc(N3CCC3)nc2)c2cc(N3CCC[C@@H]3COc3ncccc3Cl)c(Br)cc2c1=O. The lowest BCUT2D eigenvalue weighted by Crippen LogP contribution is -2.37. The fraction of sp³-hybridized carbons (Fsp3) is 0.286. The molecule has 1 N–H and O–H groups in total. The summed E-state index contributed by atoms with van der Waals surface area (Å²) in [5, 5.41) is 10.5. The Labute approximate surface area is 237 Å². The number of fused-ring (bicyclic) bond motifs is 1. The van der Waals surface area contributed by atoms with Crippen molar-refractivity contribution in [2.45, 2.75) is 25.3 Å². The molecule has 0 radical (unpaired) electrons. The van der Waals surface area contributed by atoms with Crippen molar-refractivity contribution in [2.75, 3.05) is 36.0 Å². The summed E-state index contributed by atoms with van der Waals surface area (Å²) in [4.78, 5) is 38.4. The first-order valence-corrected chi connectivity index (χ1v) is 13.9. The maximum Gasteiger partial charge on any atom is 0.341 e. The van der Waals surface area contributed by atoms with E-state index in [4.69, 9.17) is 16.3 Å². The predicted molar refractivity (Wildman–Crippen MR) is 154 cm³/mol. The Bertz CT molecular complexity index is 1620. The average molecular weight is 611 g/mol. The number of ether oxygens (including phenoxy) is 1. The molecule has 11 heteroatoms. The molecule has 1 atom stereocenters. The van der Waals surface area contributed by atoms with E-state index < -0.39 is 11.4 Å². The minimum absolute atomic E-state index is 0.0627. The Morgan fingerprint density at radius 1 is 1.15 bits per heavy atom. The Kier molecular flexibility index (Phi) is 6.90. The summed E-state index contributed by atoms with van der Waals surface area (Å²) in [6.45, 7) is 3.15. The highest BCUT2D eigenvalue weighted by Crippen LogP contribution is 2.36. The second-order valence-electron chi connectivity index (χ2n) is 9.67. The molecule has 9 nitrogen and oxygen atoms in total. The van der Waals surface area contributed by atoms with Crippen LogP contribution in [0.2, 0.25) is 5.02 Å². The van der Waals surface area contributed by atoms with Gasteiger partial charge in [-0.2, -0.15) is 0 Å². The van der Waals surface area contributed by atoms with Gasteiger partial charge in [-0.1, -0.05) is 11.6 Å². The van der Waals surface area contributed by atoms with Crippen LogP contribution in [0.1, 0.15) is 29.6 Å². The van der Waals surface area contributed by atoms with Gasteiger partial charge < -0.3 is 24.2 Å². The second kappa shape index (κ2) is 10.5. The van der Waals surface area contributed by atoms with Gasteiger partial charge in [-0.15, -0.1) is 0 Å². The fourth-order valence-corrected chi connectivity index (χ4v) is 5.90. The van der Waals surface area contributed by atoms with Gasteiger partial charge in [0, 0.05) is 41.9 Å². The molecule has 2 aliphatic heterocycles. The van der Waals surface area contributed by atoms with Crippen molar-refractivity contribution in [1.82, 2.24) is 14.5 Å². The molecular formula is C28H25BrClN5O4. The number of nitrogens with zero attached hydrogens (tertiary/aromatic N) is 5. The van der Waals surface area contributed by atoms with Gasteiger partial charge in [0.25, 0.3) is 0 Å². The van der Waals surface area contributed by atoms with Gasteiger partial charge in [-0.3, -0.25) is 4.79 Å². The fourth-order valence-electron chi connectivity index (χ4n) is 5.15. The summed E-state index contributed by atoms with van der Waals surface area (Å²) in [7, 11) is 0.